The van der Waals surface area contributed by atoms with E-state index in [1.54, 1.807) is 6.20 Å². The van der Waals surface area contributed by atoms with Crippen molar-refractivity contribution in [1.82, 2.24) is 14.8 Å². The van der Waals surface area contributed by atoms with Crippen molar-refractivity contribution in [3.8, 4) is 11.5 Å². The largest absolute Gasteiger partial charge is 0.439 e. The van der Waals surface area contributed by atoms with Crippen molar-refractivity contribution >= 4 is 0 Å². The summed E-state index contributed by atoms with van der Waals surface area (Å²) in [5.74, 6) is 1.44. The van der Waals surface area contributed by atoms with Crippen LogP contribution in [0.15, 0.2) is 16.7 Å². The van der Waals surface area contributed by atoms with Gasteiger partial charge >= 0.3 is 0 Å². The third kappa shape index (κ3) is 1.87. The molecule has 2 heterocycles. The van der Waals surface area contributed by atoms with E-state index in [2.05, 4.69) is 36.9 Å². The molecule has 86 valence electrons. The van der Waals surface area contributed by atoms with Gasteiger partial charge in [-0.05, 0) is 6.07 Å². The first-order valence-corrected chi connectivity index (χ1v) is 5.35. The van der Waals surface area contributed by atoms with Gasteiger partial charge in [-0.1, -0.05) is 20.8 Å². The molecule has 0 spiro atoms. The molecule has 4 nitrogen and oxygen atoms in total. The van der Waals surface area contributed by atoms with Crippen LogP contribution in [0.2, 0.25) is 0 Å². The van der Waals surface area contributed by atoms with Gasteiger partial charge in [0.25, 0.3) is 0 Å². The van der Waals surface area contributed by atoms with Gasteiger partial charge in [-0.2, -0.15) is 5.10 Å². The Morgan fingerprint density at radius 1 is 1.31 bits per heavy atom. The summed E-state index contributed by atoms with van der Waals surface area (Å²) in [6, 6.07) is 2.06. The highest BCUT2D eigenvalue weighted by atomic mass is 16.4. The zero-order valence-corrected chi connectivity index (χ0v) is 10.4. The molecule has 0 amide bonds. The van der Waals surface area contributed by atoms with Crippen molar-refractivity contribution in [1.29, 1.82) is 0 Å². The van der Waals surface area contributed by atoms with E-state index in [1.807, 2.05) is 18.7 Å². The molecule has 16 heavy (non-hydrogen) atoms. The van der Waals surface area contributed by atoms with E-state index in [0.717, 1.165) is 17.1 Å². The van der Waals surface area contributed by atoms with E-state index in [9.17, 15) is 0 Å². The van der Waals surface area contributed by atoms with Crippen LogP contribution in [0, 0.1) is 6.92 Å². The third-order valence-corrected chi connectivity index (χ3v) is 2.52. The number of aryl methyl sites for hydroxylation is 2. The first-order valence-electron chi connectivity index (χ1n) is 5.35. The molecule has 0 fully saturated rings. The molecule has 0 aliphatic carbocycles. The molecule has 0 aliphatic rings. The van der Waals surface area contributed by atoms with Gasteiger partial charge in [0.2, 0.25) is 0 Å². The van der Waals surface area contributed by atoms with Crippen LogP contribution in [-0.4, -0.2) is 14.8 Å². The topological polar surface area (TPSA) is 43.9 Å². The molecule has 2 aromatic heterocycles. The smallest absolute Gasteiger partial charge is 0.191 e. The Labute approximate surface area is 95.3 Å². The molecule has 0 unspecified atom stereocenters. The van der Waals surface area contributed by atoms with Gasteiger partial charge in [-0.15, -0.1) is 0 Å². The van der Waals surface area contributed by atoms with E-state index in [1.165, 1.54) is 0 Å². The maximum atomic E-state index is 5.50. The predicted octanol–water partition coefficient (Wildman–Crippen LogP) is 2.68. The van der Waals surface area contributed by atoms with Crippen LogP contribution in [-0.2, 0) is 12.5 Å². The molecule has 0 N–H and O–H groups in total. The lowest BCUT2D eigenvalue weighted by Crippen LogP contribution is -2.12. The molecule has 0 bridgehead atoms. The van der Waals surface area contributed by atoms with E-state index >= 15 is 0 Å². The summed E-state index contributed by atoms with van der Waals surface area (Å²) in [5.41, 5.74) is 2.06. The van der Waals surface area contributed by atoms with Gasteiger partial charge in [0, 0.05) is 19.4 Å². The fraction of sp³-hybridized carbons (Fsp3) is 0.500. The number of hydrogen-bond acceptors (Lipinski definition) is 3. The minimum absolute atomic E-state index is 0.0467. The lowest BCUT2D eigenvalue weighted by molar-refractivity contribution is 0.526. The Kier molecular flexibility index (Phi) is 2.37. The number of hydrogen-bond donors (Lipinski definition) is 0. The van der Waals surface area contributed by atoms with Crippen molar-refractivity contribution in [3.05, 3.63) is 23.8 Å². The summed E-state index contributed by atoms with van der Waals surface area (Å²) in [6.45, 7) is 8.27. The fourth-order valence-corrected chi connectivity index (χ4v) is 1.54. The van der Waals surface area contributed by atoms with Crippen LogP contribution in [0.4, 0.5) is 0 Å². The van der Waals surface area contributed by atoms with Gasteiger partial charge in [0.1, 0.15) is 5.69 Å². The second-order valence-corrected chi connectivity index (χ2v) is 5.03. The maximum Gasteiger partial charge on any atom is 0.191 e. The maximum absolute atomic E-state index is 5.50. The molecule has 2 rings (SSSR count). The summed E-state index contributed by atoms with van der Waals surface area (Å²) in [7, 11) is 1.92. The molecule has 0 radical (unpaired) electrons. The summed E-state index contributed by atoms with van der Waals surface area (Å²) < 4.78 is 7.34. The first-order chi connectivity index (χ1) is 7.38. The summed E-state index contributed by atoms with van der Waals surface area (Å²) >= 11 is 0. The van der Waals surface area contributed by atoms with Crippen LogP contribution in [0.1, 0.15) is 32.4 Å². The molecule has 0 saturated heterocycles. The van der Waals surface area contributed by atoms with Gasteiger partial charge < -0.3 is 4.42 Å². The van der Waals surface area contributed by atoms with Crippen molar-refractivity contribution in [2.24, 2.45) is 7.05 Å². The number of nitrogens with zero attached hydrogens (tertiary/aromatic N) is 3. The average Bonchev–Trinajstić information content (AvgIpc) is 2.70. The molecular weight excluding hydrogens is 202 g/mol. The summed E-state index contributed by atoms with van der Waals surface area (Å²) in [4.78, 5) is 4.10. The molecule has 0 aliphatic heterocycles. The monoisotopic (exact) mass is 219 g/mol. The molecule has 2 aromatic rings. The highest BCUT2D eigenvalue weighted by molar-refractivity contribution is 5.52. The minimum Gasteiger partial charge on any atom is -0.439 e. The Bertz CT molecular complexity index is 503. The van der Waals surface area contributed by atoms with Gasteiger partial charge in [0.15, 0.2) is 11.7 Å². The van der Waals surface area contributed by atoms with Gasteiger partial charge in [-0.3, -0.25) is 4.68 Å². The zero-order chi connectivity index (χ0) is 11.9. The van der Waals surface area contributed by atoms with Crippen LogP contribution < -0.4 is 0 Å². The van der Waals surface area contributed by atoms with Gasteiger partial charge in [-0.25, -0.2) is 4.98 Å². The Balaban J connectivity index is 2.47. The van der Waals surface area contributed by atoms with Crippen LogP contribution in [0.25, 0.3) is 11.5 Å². The lowest BCUT2D eigenvalue weighted by Gasteiger charge is -2.13. The van der Waals surface area contributed by atoms with Crippen LogP contribution >= 0.6 is 0 Å². The standard InChI is InChI=1S/C12H17N3O/c1-8-13-7-10(16-8)9-6-11(12(2,3)4)14-15(9)5/h6-7H,1-5H3. The minimum atomic E-state index is 0.0467. The molecule has 0 aromatic carbocycles. The Morgan fingerprint density at radius 2 is 2.00 bits per heavy atom. The Hall–Kier alpha value is -1.58. The number of oxazole rings is 1. The lowest BCUT2D eigenvalue weighted by atomic mass is 9.92. The van der Waals surface area contributed by atoms with E-state index in [0.29, 0.717) is 5.89 Å². The van der Waals surface area contributed by atoms with Gasteiger partial charge in [0.05, 0.1) is 11.9 Å². The fourth-order valence-electron chi connectivity index (χ4n) is 1.54. The second-order valence-electron chi connectivity index (χ2n) is 5.03. The average molecular weight is 219 g/mol. The highest BCUT2D eigenvalue weighted by Gasteiger charge is 2.20. The molecule has 4 heteroatoms. The van der Waals surface area contributed by atoms with Crippen molar-refractivity contribution < 1.29 is 4.42 Å². The molecule has 0 atom stereocenters. The molecule has 0 saturated carbocycles. The normalized spacial score (nSPS) is 12.1. The van der Waals surface area contributed by atoms with E-state index in [4.69, 9.17) is 4.42 Å². The quantitative estimate of drug-likeness (QED) is 0.740. The molecular formula is C12H17N3O. The second kappa shape index (κ2) is 3.47. The van der Waals surface area contributed by atoms with Crippen molar-refractivity contribution in [2.45, 2.75) is 33.1 Å². The van der Waals surface area contributed by atoms with Crippen molar-refractivity contribution in [2.75, 3.05) is 0 Å². The highest BCUT2D eigenvalue weighted by Crippen LogP contribution is 2.26. The van der Waals surface area contributed by atoms with E-state index < -0.39 is 0 Å². The predicted molar refractivity (Wildman–Crippen MR) is 62.1 cm³/mol. The SMILES string of the molecule is Cc1ncc(-c2cc(C(C)(C)C)nn2C)o1. The summed E-state index contributed by atoms with van der Waals surface area (Å²) in [6.07, 6.45) is 1.73. The number of rotatable bonds is 1. The Morgan fingerprint density at radius 3 is 2.44 bits per heavy atom. The zero-order valence-electron chi connectivity index (χ0n) is 10.4. The van der Waals surface area contributed by atoms with Crippen LogP contribution in [0.3, 0.4) is 0 Å². The van der Waals surface area contributed by atoms with E-state index in [-0.39, 0.29) is 5.41 Å². The van der Waals surface area contributed by atoms with Crippen molar-refractivity contribution in [3.63, 3.8) is 0 Å². The van der Waals surface area contributed by atoms with Crippen LogP contribution in [0.5, 0.6) is 0 Å². The summed E-state index contributed by atoms with van der Waals surface area (Å²) in [5, 5.41) is 4.50. The third-order valence-electron chi connectivity index (χ3n) is 2.52. The first kappa shape index (κ1) is 10.9. The number of aromatic nitrogens is 3.